The lowest BCUT2D eigenvalue weighted by Gasteiger charge is -2.12. The van der Waals surface area contributed by atoms with Crippen LogP contribution in [0.3, 0.4) is 0 Å². The maximum Gasteiger partial charge on any atom is 0.137 e. The van der Waals surface area contributed by atoms with Gasteiger partial charge in [-0.15, -0.1) is 0 Å². The first-order valence-corrected chi connectivity index (χ1v) is 6.80. The number of nitrogens with one attached hydrogen (secondary N) is 1. The molecule has 0 aliphatic rings. The quantitative estimate of drug-likeness (QED) is 0.820. The van der Waals surface area contributed by atoms with Gasteiger partial charge in [0.25, 0.3) is 0 Å². The molecule has 0 saturated carbocycles. The Bertz CT molecular complexity index is 643. The van der Waals surface area contributed by atoms with Crippen molar-refractivity contribution in [3.8, 4) is 0 Å². The Labute approximate surface area is 124 Å². The van der Waals surface area contributed by atoms with Crippen molar-refractivity contribution in [2.45, 2.75) is 6.92 Å². The SMILES string of the molecule is Cc1ccc(C(N)=S)c(Nc2ccc(F)c(Br)c2)c1. The van der Waals surface area contributed by atoms with Crippen LogP contribution in [0, 0.1) is 12.7 Å². The molecule has 0 bridgehead atoms. The lowest BCUT2D eigenvalue weighted by Crippen LogP contribution is -2.12. The topological polar surface area (TPSA) is 38.0 Å². The minimum absolute atomic E-state index is 0.302. The molecule has 2 nitrogen and oxygen atoms in total. The molecule has 0 fully saturated rings. The molecule has 5 heteroatoms. The number of aryl methyl sites for hydroxylation is 1. The summed E-state index contributed by atoms with van der Waals surface area (Å²) in [6.07, 6.45) is 0. The highest BCUT2D eigenvalue weighted by Crippen LogP contribution is 2.26. The molecule has 0 aliphatic heterocycles. The van der Waals surface area contributed by atoms with Crippen molar-refractivity contribution in [2.24, 2.45) is 5.73 Å². The molecule has 98 valence electrons. The van der Waals surface area contributed by atoms with Gasteiger partial charge in [-0.2, -0.15) is 0 Å². The van der Waals surface area contributed by atoms with E-state index in [9.17, 15) is 4.39 Å². The molecular formula is C14H12BrFN2S. The standard InChI is InChI=1S/C14H12BrFN2S/c1-8-2-4-10(14(17)19)13(6-8)18-9-3-5-12(16)11(15)7-9/h2-7,18H,1H3,(H2,17,19). The molecule has 0 unspecified atom stereocenters. The van der Waals surface area contributed by atoms with Crippen LogP contribution in [0.4, 0.5) is 15.8 Å². The summed E-state index contributed by atoms with van der Waals surface area (Å²) in [6.45, 7) is 1.98. The molecular weight excluding hydrogens is 327 g/mol. The van der Waals surface area contributed by atoms with Gasteiger partial charge in [0, 0.05) is 16.9 Å². The zero-order valence-electron chi connectivity index (χ0n) is 10.2. The van der Waals surface area contributed by atoms with E-state index in [0.29, 0.717) is 9.46 Å². The zero-order valence-corrected chi connectivity index (χ0v) is 12.6. The van der Waals surface area contributed by atoms with Gasteiger partial charge < -0.3 is 11.1 Å². The number of hydrogen-bond acceptors (Lipinski definition) is 2. The first-order chi connectivity index (χ1) is 8.97. The summed E-state index contributed by atoms with van der Waals surface area (Å²) in [5.41, 5.74) is 9.12. The Morgan fingerprint density at radius 3 is 2.63 bits per heavy atom. The van der Waals surface area contributed by atoms with Gasteiger partial charge in [-0.05, 0) is 58.7 Å². The molecule has 2 rings (SSSR count). The fourth-order valence-electron chi connectivity index (χ4n) is 1.71. The molecule has 0 aliphatic carbocycles. The van der Waals surface area contributed by atoms with Gasteiger partial charge in [0.2, 0.25) is 0 Å². The molecule has 0 radical (unpaired) electrons. The summed E-state index contributed by atoms with van der Waals surface area (Å²) in [4.78, 5) is 0.323. The highest BCUT2D eigenvalue weighted by molar-refractivity contribution is 9.10. The minimum atomic E-state index is -0.302. The van der Waals surface area contributed by atoms with Gasteiger partial charge in [-0.1, -0.05) is 18.3 Å². The fourth-order valence-corrected chi connectivity index (χ4v) is 2.26. The summed E-state index contributed by atoms with van der Waals surface area (Å²) in [5, 5.41) is 3.20. The smallest absolute Gasteiger partial charge is 0.137 e. The van der Waals surface area contributed by atoms with E-state index in [1.165, 1.54) is 6.07 Å². The lowest BCUT2D eigenvalue weighted by molar-refractivity contribution is 0.621. The maximum absolute atomic E-state index is 13.2. The van der Waals surface area contributed by atoms with Crippen LogP contribution < -0.4 is 11.1 Å². The van der Waals surface area contributed by atoms with Crippen LogP contribution in [-0.4, -0.2) is 4.99 Å². The predicted octanol–water partition coefficient (Wildman–Crippen LogP) is 4.27. The number of nitrogens with two attached hydrogens (primary N) is 1. The number of benzene rings is 2. The number of thiocarbonyl (C=S) groups is 1. The number of halogens is 2. The van der Waals surface area contributed by atoms with Crippen LogP contribution in [0.15, 0.2) is 40.9 Å². The molecule has 0 aromatic heterocycles. The summed E-state index contributed by atoms with van der Waals surface area (Å²) in [6, 6.07) is 10.5. The Kier molecular flexibility index (Phi) is 4.17. The van der Waals surface area contributed by atoms with Crippen LogP contribution in [-0.2, 0) is 0 Å². The van der Waals surface area contributed by atoms with Gasteiger partial charge in [-0.3, -0.25) is 0 Å². The second kappa shape index (κ2) is 5.67. The van der Waals surface area contributed by atoms with Gasteiger partial charge in [0.1, 0.15) is 10.8 Å². The zero-order chi connectivity index (χ0) is 14.0. The van der Waals surface area contributed by atoms with Gasteiger partial charge in [0.15, 0.2) is 0 Å². The van der Waals surface area contributed by atoms with Crippen molar-refractivity contribution < 1.29 is 4.39 Å². The first kappa shape index (κ1) is 14.0. The highest BCUT2D eigenvalue weighted by atomic mass is 79.9. The van der Waals surface area contributed by atoms with Crippen LogP contribution in [0.1, 0.15) is 11.1 Å². The maximum atomic E-state index is 13.2. The van der Waals surface area contributed by atoms with Crippen LogP contribution in [0.5, 0.6) is 0 Å². The Morgan fingerprint density at radius 2 is 2.00 bits per heavy atom. The summed E-state index contributed by atoms with van der Waals surface area (Å²) >= 11 is 8.18. The first-order valence-electron chi connectivity index (χ1n) is 5.60. The summed E-state index contributed by atoms with van der Waals surface area (Å²) < 4.78 is 13.6. The van der Waals surface area contributed by atoms with Gasteiger partial charge >= 0.3 is 0 Å². The molecule has 0 heterocycles. The van der Waals surface area contributed by atoms with Crippen molar-refractivity contribution in [1.82, 2.24) is 0 Å². The van der Waals surface area contributed by atoms with Crippen molar-refractivity contribution in [3.05, 3.63) is 57.8 Å². The second-order valence-corrected chi connectivity index (χ2v) is 5.46. The largest absolute Gasteiger partial charge is 0.389 e. The van der Waals surface area contributed by atoms with E-state index in [-0.39, 0.29) is 5.82 Å². The van der Waals surface area contributed by atoms with E-state index in [1.54, 1.807) is 12.1 Å². The van der Waals surface area contributed by atoms with E-state index in [2.05, 4.69) is 21.2 Å². The average Bonchev–Trinajstić information content (AvgIpc) is 2.33. The van der Waals surface area contributed by atoms with Gasteiger partial charge in [0.05, 0.1) is 4.47 Å². The van der Waals surface area contributed by atoms with E-state index in [1.807, 2.05) is 25.1 Å². The predicted molar refractivity (Wildman–Crippen MR) is 84.4 cm³/mol. The third kappa shape index (κ3) is 3.30. The minimum Gasteiger partial charge on any atom is -0.389 e. The Morgan fingerprint density at radius 1 is 1.26 bits per heavy atom. The van der Waals surface area contributed by atoms with E-state index >= 15 is 0 Å². The number of anilines is 2. The Hall–Kier alpha value is -1.46. The summed E-state index contributed by atoms with van der Waals surface area (Å²) in [5.74, 6) is -0.302. The highest BCUT2D eigenvalue weighted by Gasteiger charge is 2.07. The van der Waals surface area contributed by atoms with Crippen LogP contribution >= 0.6 is 28.1 Å². The molecule has 2 aromatic rings. The van der Waals surface area contributed by atoms with Gasteiger partial charge in [-0.25, -0.2) is 4.39 Å². The third-order valence-corrected chi connectivity index (χ3v) is 3.47. The number of rotatable bonds is 3. The van der Waals surface area contributed by atoms with Crippen molar-refractivity contribution >= 4 is 44.5 Å². The normalized spacial score (nSPS) is 10.3. The third-order valence-electron chi connectivity index (χ3n) is 2.64. The number of hydrogen-bond donors (Lipinski definition) is 2. The second-order valence-electron chi connectivity index (χ2n) is 4.17. The summed E-state index contributed by atoms with van der Waals surface area (Å²) in [7, 11) is 0. The molecule has 2 aromatic carbocycles. The van der Waals surface area contributed by atoms with Crippen molar-refractivity contribution in [2.75, 3.05) is 5.32 Å². The van der Waals surface area contributed by atoms with E-state index in [0.717, 1.165) is 22.5 Å². The molecule has 19 heavy (non-hydrogen) atoms. The lowest BCUT2D eigenvalue weighted by atomic mass is 10.1. The Balaban J connectivity index is 2.39. The van der Waals surface area contributed by atoms with Crippen molar-refractivity contribution in [3.63, 3.8) is 0 Å². The van der Waals surface area contributed by atoms with E-state index < -0.39 is 0 Å². The average molecular weight is 339 g/mol. The van der Waals surface area contributed by atoms with Crippen molar-refractivity contribution in [1.29, 1.82) is 0 Å². The molecule has 0 saturated heterocycles. The van der Waals surface area contributed by atoms with Crippen LogP contribution in [0.2, 0.25) is 0 Å². The molecule has 0 spiro atoms. The molecule has 3 N–H and O–H groups in total. The van der Waals surface area contributed by atoms with E-state index in [4.69, 9.17) is 18.0 Å². The van der Waals surface area contributed by atoms with Crippen LogP contribution in [0.25, 0.3) is 0 Å². The monoisotopic (exact) mass is 338 g/mol. The molecule has 0 amide bonds. The fraction of sp³-hybridized carbons (Fsp3) is 0.0714. The molecule has 0 atom stereocenters.